The van der Waals surface area contributed by atoms with Crippen molar-refractivity contribution in [3.05, 3.63) is 5.69 Å². The Hall–Kier alpha value is -0.680. The second kappa shape index (κ2) is 3.37. The lowest BCUT2D eigenvalue weighted by atomic mass is 10.3. The lowest BCUT2D eigenvalue weighted by Gasteiger charge is -1.99. The molecule has 1 atom stereocenters. The molecule has 2 rings (SSSR count). The van der Waals surface area contributed by atoms with Crippen molar-refractivity contribution in [2.45, 2.75) is 19.4 Å². The SMILES string of the molecule is CCc1nsnc1OC[C@@H]1CO1. The van der Waals surface area contributed by atoms with E-state index in [1.165, 1.54) is 11.7 Å². The van der Waals surface area contributed by atoms with E-state index in [-0.39, 0.29) is 6.10 Å². The van der Waals surface area contributed by atoms with Crippen molar-refractivity contribution < 1.29 is 9.47 Å². The highest BCUT2D eigenvalue weighted by atomic mass is 32.1. The van der Waals surface area contributed by atoms with Gasteiger partial charge in [0.25, 0.3) is 0 Å². The molecule has 4 nitrogen and oxygen atoms in total. The number of hydrogen-bond acceptors (Lipinski definition) is 5. The molecule has 0 saturated carbocycles. The predicted octanol–water partition coefficient (Wildman–Crippen LogP) is 0.878. The van der Waals surface area contributed by atoms with E-state index >= 15 is 0 Å². The van der Waals surface area contributed by atoms with Crippen molar-refractivity contribution in [2.75, 3.05) is 13.2 Å². The Bertz CT molecular complexity index is 260. The number of rotatable bonds is 4. The molecule has 2 heterocycles. The summed E-state index contributed by atoms with van der Waals surface area (Å²) in [6.07, 6.45) is 1.16. The van der Waals surface area contributed by atoms with Crippen LogP contribution in [0.2, 0.25) is 0 Å². The topological polar surface area (TPSA) is 47.5 Å². The molecule has 66 valence electrons. The number of hydrogen-bond donors (Lipinski definition) is 0. The highest BCUT2D eigenvalue weighted by Gasteiger charge is 2.24. The van der Waals surface area contributed by atoms with Crippen LogP contribution in [-0.2, 0) is 11.2 Å². The zero-order valence-electron chi connectivity index (χ0n) is 6.82. The predicted molar refractivity (Wildman–Crippen MR) is 44.5 cm³/mol. The van der Waals surface area contributed by atoms with Crippen molar-refractivity contribution in [3.8, 4) is 5.88 Å². The van der Waals surface area contributed by atoms with Gasteiger partial charge in [0.2, 0.25) is 5.88 Å². The zero-order valence-corrected chi connectivity index (χ0v) is 7.63. The summed E-state index contributed by atoms with van der Waals surface area (Å²) in [5.74, 6) is 0.679. The number of epoxide rings is 1. The van der Waals surface area contributed by atoms with Crippen LogP contribution in [0.3, 0.4) is 0 Å². The third-order valence-electron chi connectivity index (χ3n) is 1.66. The van der Waals surface area contributed by atoms with Gasteiger partial charge < -0.3 is 9.47 Å². The number of aryl methyl sites for hydroxylation is 1. The third kappa shape index (κ3) is 1.73. The molecule has 1 aromatic rings. The Morgan fingerprint density at radius 1 is 1.67 bits per heavy atom. The highest BCUT2D eigenvalue weighted by Crippen LogP contribution is 2.17. The minimum absolute atomic E-state index is 0.288. The molecule has 0 unspecified atom stereocenters. The van der Waals surface area contributed by atoms with Gasteiger partial charge in [0.15, 0.2) is 0 Å². The van der Waals surface area contributed by atoms with Gasteiger partial charge >= 0.3 is 0 Å². The molecular formula is C7H10N2O2S. The van der Waals surface area contributed by atoms with Crippen LogP contribution < -0.4 is 4.74 Å². The molecule has 1 aliphatic rings. The van der Waals surface area contributed by atoms with Crippen molar-refractivity contribution in [2.24, 2.45) is 0 Å². The molecule has 0 aromatic carbocycles. The molecule has 1 aromatic heterocycles. The monoisotopic (exact) mass is 186 g/mol. The zero-order chi connectivity index (χ0) is 8.39. The standard InChI is InChI=1S/C7H10N2O2S/c1-2-6-7(9-12-8-6)11-4-5-3-10-5/h5H,2-4H2,1H3/t5-/m0/s1. The van der Waals surface area contributed by atoms with Crippen molar-refractivity contribution in [3.63, 3.8) is 0 Å². The van der Waals surface area contributed by atoms with Gasteiger partial charge in [-0.15, -0.1) is 4.37 Å². The first-order chi connectivity index (χ1) is 5.90. The van der Waals surface area contributed by atoms with Gasteiger partial charge in [0.05, 0.1) is 18.3 Å². The Labute approximate surface area is 74.8 Å². The first kappa shape index (κ1) is 7.94. The number of nitrogens with zero attached hydrogens (tertiary/aromatic N) is 2. The average molecular weight is 186 g/mol. The van der Waals surface area contributed by atoms with E-state index in [1.54, 1.807) is 0 Å². The summed E-state index contributed by atoms with van der Waals surface area (Å²) >= 11 is 1.20. The van der Waals surface area contributed by atoms with E-state index in [4.69, 9.17) is 9.47 Å². The van der Waals surface area contributed by atoms with E-state index in [0.29, 0.717) is 12.5 Å². The Balaban J connectivity index is 1.91. The first-order valence-electron chi connectivity index (χ1n) is 3.96. The van der Waals surface area contributed by atoms with E-state index < -0.39 is 0 Å². The van der Waals surface area contributed by atoms with Crippen molar-refractivity contribution >= 4 is 11.7 Å². The fourth-order valence-corrected chi connectivity index (χ4v) is 1.44. The van der Waals surface area contributed by atoms with Crippen molar-refractivity contribution in [1.29, 1.82) is 0 Å². The second-order valence-corrected chi connectivity index (χ2v) is 3.16. The van der Waals surface area contributed by atoms with E-state index in [9.17, 15) is 0 Å². The van der Waals surface area contributed by atoms with E-state index in [2.05, 4.69) is 8.75 Å². The number of ether oxygens (including phenoxy) is 2. The summed E-state index contributed by atoms with van der Waals surface area (Å²) in [5.41, 5.74) is 0.945. The van der Waals surface area contributed by atoms with Gasteiger partial charge in [-0.2, -0.15) is 4.37 Å². The summed E-state index contributed by atoms with van der Waals surface area (Å²) in [6.45, 7) is 3.47. The van der Waals surface area contributed by atoms with Gasteiger partial charge in [-0.3, -0.25) is 0 Å². The molecule has 0 amide bonds. The highest BCUT2D eigenvalue weighted by molar-refractivity contribution is 6.99. The lowest BCUT2D eigenvalue weighted by molar-refractivity contribution is 0.255. The van der Waals surface area contributed by atoms with Crippen LogP contribution in [0, 0.1) is 0 Å². The quantitative estimate of drug-likeness (QED) is 0.655. The molecule has 1 fully saturated rings. The average Bonchev–Trinajstić information content (AvgIpc) is 2.81. The van der Waals surface area contributed by atoms with Crippen LogP contribution >= 0.6 is 11.7 Å². The molecule has 0 aliphatic carbocycles. The molecule has 0 radical (unpaired) electrons. The van der Waals surface area contributed by atoms with Gasteiger partial charge in [-0.1, -0.05) is 6.92 Å². The van der Waals surface area contributed by atoms with Crippen molar-refractivity contribution in [1.82, 2.24) is 8.75 Å². The number of aromatic nitrogens is 2. The molecule has 0 N–H and O–H groups in total. The maximum Gasteiger partial charge on any atom is 0.249 e. The molecule has 1 saturated heterocycles. The fourth-order valence-electron chi connectivity index (χ4n) is 0.860. The largest absolute Gasteiger partial charge is 0.473 e. The first-order valence-corrected chi connectivity index (χ1v) is 4.69. The molecule has 5 heteroatoms. The van der Waals surface area contributed by atoms with Crippen LogP contribution in [0.1, 0.15) is 12.6 Å². The summed E-state index contributed by atoms with van der Waals surface area (Å²) < 4.78 is 18.6. The smallest absolute Gasteiger partial charge is 0.249 e. The van der Waals surface area contributed by atoms with Crippen LogP contribution in [-0.4, -0.2) is 28.1 Å². The molecule has 0 bridgehead atoms. The normalized spacial score (nSPS) is 20.9. The van der Waals surface area contributed by atoms with Gasteiger partial charge in [0, 0.05) is 0 Å². The lowest BCUT2D eigenvalue weighted by Crippen LogP contribution is -2.05. The van der Waals surface area contributed by atoms with E-state index in [0.717, 1.165) is 18.7 Å². The van der Waals surface area contributed by atoms with Crippen LogP contribution in [0.15, 0.2) is 0 Å². The Kier molecular flexibility index (Phi) is 2.23. The summed E-state index contributed by atoms with van der Waals surface area (Å²) in [6, 6.07) is 0. The van der Waals surface area contributed by atoms with Gasteiger partial charge in [0.1, 0.15) is 18.4 Å². The molecule has 1 aliphatic heterocycles. The Morgan fingerprint density at radius 2 is 2.50 bits per heavy atom. The fraction of sp³-hybridized carbons (Fsp3) is 0.714. The minimum Gasteiger partial charge on any atom is -0.473 e. The molecular weight excluding hydrogens is 176 g/mol. The summed E-state index contributed by atoms with van der Waals surface area (Å²) in [5, 5.41) is 0. The maximum atomic E-state index is 5.40. The molecule has 0 spiro atoms. The van der Waals surface area contributed by atoms with Crippen LogP contribution in [0.4, 0.5) is 0 Å². The van der Waals surface area contributed by atoms with Crippen LogP contribution in [0.25, 0.3) is 0 Å². The van der Waals surface area contributed by atoms with Gasteiger partial charge in [-0.25, -0.2) is 0 Å². The Morgan fingerprint density at radius 3 is 3.17 bits per heavy atom. The second-order valence-electron chi connectivity index (χ2n) is 2.64. The third-order valence-corrected chi connectivity index (χ3v) is 2.21. The van der Waals surface area contributed by atoms with E-state index in [1.807, 2.05) is 6.92 Å². The molecule has 12 heavy (non-hydrogen) atoms. The summed E-state index contributed by atoms with van der Waals surface area (Å²) in [4.78, 5) is 0. The van der Waals surface area contributed by atoms with Crippen LogP contribution in [0.5, 0.6) is 5.88 Å². The maximum absolute atomic E-state index is 5.40. The minimum atomic E-state index is 0.288. The summed E-state index contributed by atoms with van der Waals surface area (Å²) in [7, 11) is 0. The van der Waals surface area contributed by atoms with Gasteiger partial charge in [-0.05, 0) is 6.42 Å².